The van der Waals surface area contributed by atoms with Crippen molar-refractivity contribution in [1.82, 2.24) is 14.8 Å². The fraction of sp³-hybridized carbons (Fsp3) is 0.385. The van der Waals surface area contributed by atoms with E-state index in [1.54, 1.807) is 13.2 Å². The highest BCUT2D eigenvalue weighted by molar-refractivity contribution is 5.72. The number of methoxy groups -OCH3 is 1. The van der Waals surface area contributed by atoms with Crippen LogP contribution in [0.25, 0.3) is 5.69 Å². The fourth-order valence-corrected chi connectivity index (χ4v) is 2.46. The molecule has 0 bridgehead atoms. The molecule has 1 aliphatic rings. The third-order valence-electron chi connectivity index (χ3n) is 3.35. The molecule has 6 heteroatoms. The van der Waals surface area contributed by atoms with E-state index in [9.17, 15) is 4.39 Å². The summed E-state index contributed by atoms with van der Waals surface area (Å²) < 4.78 is 21.3. The van der Waals surface area contributed by atoms with Crippen molar-refractivity contribution in [3.8, 4) is 11.4 Å². The van der Waals surface area contributed by atoms with E-state index >= 15 is 0 Å². The summed E-state index contributed by atoms with van der Waals surface area (Å²) in [5, 5.41) is 11.4. The summed E-state index contributed by atoms with van der Waals surface area (Å²) in [6, 6.07) is 3.00. The Labute approximate surface area is 110 Å². The van der Waals surface area contributed by atoms with Crippen molar-refractivity contribution >= 4 is 5.69 Å². The van der Waals surface area contributed by atoms with Crippen LogP contribution in [0.3, 0.4) is 0 Å². The normalized spacial score (nSPS) is 15.4. The Hall–Kier alpha value is -2.11. The molecule has 0 saturated carbocycles. The van der Waals surface area contributed by atoms with E-state index in [2.05, 4.69) is 15.5 Å². The van der Waals surface area contributed by atoms with Gasteiger partial charge in [0.2, 0.25) is 0 Å². The van der Waals surface area contributed by atoms with E-state index in [-0.39, 0.29) is 5.82 Å². The van der Waals surface area contributed by atoms with Gasteiger partial charge in [0.25, 0.3) is 0 Å². The van der Waals surface area contributed by atoms with Crippen molar-refractivity contribution in [3.05, 3.63) is 29.6 Å². The Balaban J connectivity index is 2.41. The van der Waals surface area contributed by atoms with Crippen LogP contribution in [-0.2, 0) is 5.54 Å². The van der Waals surface area contributed by atoms with Gasteiger partial charge in [-0.15, -0.1) is 10.2 Å². The number of anilines is 1. The number of aromatic nitrogens is 3. The van der Waals surface area contributed by atoms with Crippen molar-refractivity contribution in [2.24, 2.45) is 0 Å². The predicted octanol–water partition coefficient (Wildman–Crippen LogP) is 2.38. The molecule has 1 aromatic heterocycles. The zero-order valence-corrected chi connectivity index (χ0v) is 11.3. The van der Waals surface area contributed by atoms with Gasteiger partial charge in [-0.2, -0.15) is 0 Å². The second kappa shape index (κ2) is 3.69. The van der Waals surface area contributed by atoms with Gasteiger partial charge in [0.1, 0.15) is 23.1 Å². The molecule has 1 aliphatic heterocycles. The van der Waals surface area contributed by atoms with Crippen LogP contribution in [0.4, 0.5) is 10.1 Å². The zero-order chi connectivity index (χ0) is 13.8. The average Bonchev–Trinajstić information content (AvgIpc) is 2.74. The lowest BCUT2D eigenvalue weighted by Crippen LogP contribution is -2.36. The molecular formula is C13H15FN4O. The minimum absolute atomic E-state index is 0.317. The number of hydrogen-bond acceptors (Lipinski definition) is 4. The molecule has 0 saturated heterocycles. The number of benzene rings is 1. The van der Waals surface area contributed by atoms with E-state index in [0.29, 0.717) is 22.9 Å². The van der Waals surface area contributed by atoms with Crippen LogP contribution in [0, 0.1) is 12.7 Å². The summed E-state index contributed by atoms with van der Waals surface area (Å²) in [7, 11) is 1.56. The van der Waals surface area contributed by atoms with E-state index in [0.717, 1.165) is 5.82 Å². The van der Waals surface area contributed by atoms with Crippen LogP contribution in [0.2, 0.25) is 0 Å². The Morgan fingerprint density at radius 3 is 2.74 bits per heavy atom. The molecule has 2 aromatic rings. The predicted molar refractivity (Wildman–Crippen MR) is 69.3 cm³/mol. The van der Waals surface area contributed by atoms with Gasteiger partial charge >= 0.3 is 0 Å². The Morgan fingerprint density at radius 2 is 2.05 bits per heavy atom. The molecule has 100 valence electrons. The lowest BCUT2D eigenvalue weighted by atomic mass is 9.99. The van der Waals surface area contributed by atoms with E-state index in [1.807, 2.05) is 25.3 Å². The number of ether oxygens (including phenoxy) is 1. The maximum absolute atomic E-state index is 14.1. The van der Waals surface area contributed by atoms with Crippen molar-refractivity contribution in [1.29, 1.82) is 0 Å². The molecule has 19 heavy (non-hydrogen) atoms. The maximum atomic E-state index is 14.1. The van der Waals surface area contributed by atoms with Gasteiger partial charge in [-0.25, -0.2) is 4.39 Å². The standard InChI is InChI=1S/C13H15FN4O/c1-7-16-17-12-13(2,3)15-10-8(14)5-6-9(19-4)11(10)18(7)12/h5-6,15H,1-4H3. The molecular weight excluding hydrogens is 247 g/mol. The Bertz CT molecular complexity index is 663. The van der Waals surface area contributed by atoms with Crippen LogP contribution in [-0.4, -0.2) is 21.9 Å². The molecule has 0 unspecified atom stereocenters. The second-order valence-corrected chi connectivity index (χ2v) is 5.13. The maximum Gasteiger partial charge on any atom is 0.162 e. The van der Waals surface area contributed by atoms with Crippen LogP contribution in [0.1, 0.15) is 25.5 Å². The monoisotopic (exact) mass is 262 g/mol. The molecule has 2 heterocycles. The van der Waals surface area contributed by atoms with Gasteiger partial charge in [0.05, 0.1) is 18.3 Å². The topological polar surface area (TPSA) is 52.0 Å². The van der Waals surface area contributed by atoms with Crippen molar-refractivity contribution < 1.29 is 9.13 Å². The van der Waals surface area contributed by atoms with E-state index in [4.69, 9.17) is 4.74 Å². The summed E-state index contributed by atoms with van der Waals surface area (Å²) in [6.07, 6.45) is 0. The Kier molecular flexibility index (Phi) is 2.32. The van der Waals surface area contributed by atoms with Gasteiger partial charge in [0.15, 0.2) is 5.82 Å². The highest BCUT2D eigenvalue weighted by Crippen LogP contribution is 2.42. The van der Waals surface area contributed by atoms with Crippen LogP contribution in [0.5, 0.6) is 5.75 Å². The number of halogens is 1. The van der Waals surface area contributed by atoms with Gasteiger partial charge in [-0.05, 0) is 32.9 Å². The first-order valence-corrected chi connectivity index (χ1v) is 6.03. The number of nitrogens with zero attached hydrogens (tertiary/aromatic N) is 3. The smallest absolute Gasteiger partial charge is 0.162 e. The fourth-order valence-electron chi connectivity index (χ4n) is 2.46. The van der Waals surface area contributed by atoms with Crippen LogP contribution >= 0.6 is 0 Å². The molecule has 0 atom stereocenters. The summed E-state index contributed by atoms with van der Waals surface area (Å²) in [6.45, 7) is 5.72. The average molecular weight is 262 g/mol. The largest absolute Gasteiger partial charge is 0.494 e. The molecule has 0 aliphatic carbocycles. The first-order chi connectivity index (χ1) is 8.95. The first-order valence-electron chi connectivity index (χ1n) is 6.03. The van der Waals surface area contributed by atoms with Crippen molar-refractivity contribution in [3.63, 3.8) is 0 Å². The quantitative estimate of drug-likeness (QED) is 0.857. The molecule has 1 N–H and O–H groups in total. The van der Waals surface area contributed by atoms with E-state index in [1.165, 1.54) is 6.07 Å². The molecule has 0 fully saturated rings. The van der Waals surface area contributed by atoms with Crippen molar-refractivity contribution in [2.75, 3.05) is 12.4 Å². The number of hydrogen-bond donors (Lipinski definition) is 1. The van der Waals surface area contributed by atoms with Gasteiger partial charge in [-0.3, -0.25) is 4.57 Å². The summed E-state index contributed by atoms with van der Waals surface area (Å²) in [4.78, 5) is 0. The van der Waals surface area contributed by atoms with Gasteiger partial charge in [0, 0.05) is 0 Å². The SMILES string of the molecule is COc1ccc(F)c2c1-n1c(C)nnc1C(C)(C)N2. The molecule has 1 aromatic carbocycles. The molecule has 0 spiro atoms. The number of aryl methyl sites for hydroxylation is 1. The zero-order valence-electron chi connectivity index (χ0n) is 11.3. The number of nitrogens with one attached hydrogen (secondary N) is 1. The Morgan fingerprint density at radius 1 is 1.32 bits per heavy atom. The minimum atomic E-state index is -0.499. The van der Waals surface area contributed by atoms with Crippen LogP contribution < -0.4 is 10.1 Å². The van der Waals surface area contributed by atoms with E-state index < -0.39 is 5.54 Å². The lowest BCUT2D eigenvalue weighted by Gasteiger charge is -2.34. The summed E-state index contributed by atoms with van der Waals surface area (Å²) in [5.74, 6) is 1.71. The number of fused-ring (bicyclic) bond motifs is 3. The third kappa shape index (κ3) is 1.52. The third-order valence-corrected chi connectivity index (χ3v) is 3.35. The first kappa shape index (κ1) is 12.0. The van der Waals surface area contributed by atoms with Crippen molar-refractivity contribution in [2.45, 2.75) is 26.3 Å². The molecule has 0 amide bonds. The molecule has 5 nitrogen and oxygen atoms in total. The number of rotatable bonds is 1. The summed E-state index contributed by atoms with van der Waals surface area (Å²) >= 11 is 0. The highest BCUT2D eigenvalue weighted by Gasteiger charge is 2.37. The van der Waals surface area contributed by atoms with Gasteiger partial charge in [-0.1, -0.05) is 0 Å². The molecule has 0 radical (unpaired) electrons. The lowest BCUT2D eigenvalue weighted by molar-refractivity contribution is 0.407. The van der Waals surface area contributed by atoms with Gasteiger partial charge < -0.3 is 10.1 Å². The molecule has 3 rings (SSSR count). The highest BCUT2D eigenvalue weighted by atomic mass is 19.1. The van der Waals surface area contributed by atoms with Crippen LogP contribution in [0.15, 0.2) is 12.1 Å². The summed E-state index contributed by atoms with van der Waals surface area (Å²) in [5.41, 5.74) is 0.542. The second-order valence-electron chi connectivity index (χ2n) is 5.13. The minimum Gasteiger partial charge on any atom is -0.494 e.